The number of nitrogens with one attached hydrogen (secondary N) is 2. The van der Waals surface area contributed by atoms with E-state index in [-0.39, 0.29) is 5.91 Å². The molecule has 23 heavy (non-hydrogen) atoms. The molecule has 0 aromatic carbocycles. The van der Waals surface area contributed by atoms with Gasteiger partial charge in [0.1, 0.15) is 5.69 Å². The van der Waals surface area contributed by atoms with E-state index in [9.17, 15) is 4.79 Å². The predicted molar refractivity (Wildman–Crippen MR) is 84.2 cm³/mol. The Kier molecular flexibility index (Phi) is 3.51. The molecule has 2 N–H and O–H groups in total. The van der Waals surface area contributed by atoms with Crippen LogP contribution in [0.4, 0.5) is 5.69 Å². The van der Waals surface area contributed by atoms with Gasteiger partial charge in [0.2, 0.25) is 0 Å². The van der Waals surface area contributed by atoms with Crippen LogP contribution in [-0.4, -0.2) is 42.9 Å². The van der Waals surface area contributed by atoms with Gasteiger partial charge < -0.3 is 10.6 Å². The van der Waals surface area contributed by atoms with Crippen molar-refractivity contribution >= 4 is 17.2 Å². The second-order valence-corrected chi connectivity index (χ2v) is 5.65. The van der Waals surface area contributed by atoms with E-state index in [0.717, 1.165) is 19.5 Å². The molecule has 0 radical (unpaired) electrons. The monoisotopic (exact) mass is 311 g/mol. The number of carbonyl (C=O) groups excluding carboxylic acids is 1. The predicted octanol–water partition coefficient (Wildman–Crippen LogP) is 0.930. The van der Waals surface area contributed by atoms with Crippen LogP contribution in [0.15, 0.2) is 36.9 Å². The number of rotatable bonds is 4. The normalized spacial score (nSPS) is 17.7. The molecule has 1 fully saturated rings. The van der Waals surface area contributed by atoms with Crippen LogP contribution in [0, 0.1) is 0 Å². The first-order valence-corrected chi connectivity index (χ1v) is 7.65. The Morgan fingerprint density at radius 2 is 2.35 bits per heavy atom. The Balaban J connectivity index is 1.44. The fourth-order valence-corrected chi connectivity index (χ4v) is 2.80. The van der Waals surface area contributed by atoms with E-state index in [1.54, 1.807) is 35.2 Å². The third kappa shape index (κ3) is 2.93. The summed E-state index contributed by atoms with van der Waals surface area (Å²) in [6.07, 6.45) is 9.23. The highest BCUT2D eigenvalue weighted by molar-refractivity contribution is 6.02. The number of hydrogen-bond donors (Lipinski definition) is 2. The molecule has 0 bridgehead atoms. The van der Waals surface area contributed by atoms with Crippen molar-refractivity contribution in [1.29, 1.82) is 0 Å². The van der Waals surface area contributed by atoms with E-state index in [1.165, 1.54) is 6.42 Å². The number of nitrogens with zero attached hydrogens (tertiary/aromatic N) is 5. The average molecular weight is 311 g/mol. The second-order valence-electron chi connectivity index (χ2n) is 5.65. The van der Waals surface area contributed by atoms with E-state index >= 15 is 0 Å². The maximum Gasteiger partial charge on any atom is 0.274 e. The summed E-state index contributed by atoms with van der Waals surface area (Å²) >= 11 is 0. The van der Waals surface area contributed by atoms with Gasteiger partial charge in [-0.2, -0.15) is 10.2 Å². The minimum absolute atomic E-state index is 0.257. The lowest BCUT2D eigenvalue weighted by Crippen LogP contribution is -2.26. The van der Waals surface area contributed by atoms with E-state index in [2.05, 4.69) is 25.8 Å². The highest BCUT2D eigenvalue weighted by Crippen LogP contribution is 2.11. The number of anilines is 1. The molecule has 3 aromatic rings. The van der Waals surface area contributed by atoms with Crippen LogP contribution in [-0.2, 0) is 6.54 Å². The Hall–Kier alpha value is -2.74. The van der Waals surface area contributed by atoms with Crippen molar-refractivity contribution in [2.75, 3.05) is 11.9 Å². The van der Waals surface area contributed by atoms with Crippen LogP contribution in [0.3, 0.4) is 0 Å². The van der Waals surface area contributed by atoms with Crippen LogP contribution >= 0.6 is 0 Å². The quantitative estimate of drug-likeness (QED) is 0.748. The van der Waals surface area contributed by atoms with Crippen LogP contribution in [0.25, 0.3) is 5.65 Å². The molecule has 118 valence electrons. The van der Waals surface area contributed by atoms with Crippen molar-refractivity contribution in [3.8, 4) is 0 Å². The van der Waals surface area contributed by atoms with Crippen molar-refractivity contribution in [2.45, 2.75) is 25.4 Å². The minimum Gasteiger partial charge on any atom is -0.318 e. The lowest BCUT2D eigenvalue weighted by atomic mass is 10.2. The first kappa shape index (κ1) is 13.9. The van der Waals surface area contributed by atoms with Gasteiger partial charge in [0.15, 0.2) is 5.65 Å². The van der Waals surface area contributed by atoms with Gasteiger partial charge in [0.05, 0.1) is 24.6 Å². The molecule has 0 aliphatic carbocycles. The van der Waals surface area contributed by atoms with Crippen LogP contribution in [0.2, 0.25) is 0 Å². The number of hydrogen-bond acceptors (Lipinski definition) is 5. The summed E-state index contributed by atoms with van der Waals surface area (Å²) in [7, 11) is 0. The molecule has 0 spiro atoms. The summed E-state index contributed by atoms with van der Waals surface area (Å²) < 4.78 is 3.47. The molecular weight excluding hydrogens is 294 g/mol. The molecular formula is C15H17N7O. The zero-order valence-electron chi connectivity index (χ0n) is 12.5. The summed E-state index contributed by atoms with van der Waals surface area (Å²) in [4.78, 5) is 16.6. The van der Waals surface area contributed by atoms with Gasteiger partial charge in [-0.3, -0.25) is 9.48 Å². The van der Waals surface area contributed by atoms with Gasteiger partial charge >= 0.3 is 0 Å². The van der Waals surface area contributed by atoms with Crippen molar-refractivity contribution in [3.05, 3.63) is 42.6 Å². The fraction of sp³-hybridized carbons (Fsp3) is 0.333. The summed E-state index contributed by atoms with van der Waals surface area (Å²) in [5.74, 6) is -0.257. The molecule has 8 heteroatoms. The first-order valence-electron chi connectivity index (χ1n) is 7.65. The van der Waals surface area contributed by atoms with E-state index in [0.29, 0.717) is 23.1 Å². The largest absolute Gasteiger partial charge is 0.318 e. The number of amides is 1. The van der Waals surface area contributed by atoms with Crippen molar-refractivity contribution in [2.24, 2.45) is 0 Å². The van der Waals surface area contributed by atoms with Gasteiger partial charge in [0, 0.05) is 24.5 Å². The van der Waals surface area contributed by atoms with Crippen molar-refractivity contribution in [3.63, 3.8) is 0 Å². The summed E-state index contributed by atoms with van der Waals surface area (Å²) in [5.41, 5.74) is 1.66. The Labute approximate surface area is 132 Å². The molecule has 3 aromatic heterocycles. The topological polar surface area (TPSA) is 89.1 Å². The molecule has 1 aliphatic rings. The Morgan fingerprint density at radius 3 is 3.22 bits per heavy atom. The van der Waals surface area contributed by atoms with Gasteiger partial charge in [-0.25, -0.2) is 9.50 Å². The number of aromatic nitrogens is 5. The molecule has 1 amide bonds. The van der Waals surface area contributed by atoms with Gasteiger partial charge in [-0.15, -0.1) is 0 Å². The lowest BCUT2D eigenvalue weighted by Gasteiger charge is -2.09. The van der Waals surface area contributed by atoms with Gasteiger partial charge in [0.25, 0.3) is 5.91 Å². The van der Waals surface area contributed by atoms with E-state index in [4.69, 9.17) is 0 Å². The SMILES string of the molecule is O=C(Nc1cnn(CC2CCCN2)c1)c1ccn2nccc2n1. The average Bonchev–Trinajstić information content (AvgIpc) is 3.28. The third-order valence-electron chi connectivity index (χ3n) is 3.95. The standard InChI is InChI=1S/C15H17N7O/c23-15(13-4-7-22-14(20-13)3-6-17-22)19-12-8-18-21(10-12)9-11-2-1-5-16-11/h3-4,6-8,10-11,16H,1-2,5,9H2,(H,19,23). The van der Waals surface area contributed by atoms with Gasteiger partial charge in [-0.1, -0.05) is 0 Å². The van der Waals surface area contributed by atoms with E-state index < -0.39 is 0 Å². The van der Waals surface area contributed by atoms with Gasteiger partial charge in [-0.05, 0) is 25.5 Å². The number of fused-ring (bicyclic) bond motifs is 1. The molecule has 0 saturated carbocycles. The third-order valence-corrected chi connectivity index (χ3v) is 3.95. The van der Waals surface area contributed by atoms with Crippen LogP contribution < -0.4 is 10.6 Å². The molecule has 4 heterocycles. The molecule has 1 unspecified atom stereocenters. The highest BCUT2D eigenvalue weighted by atomic mass is 16.1. The Bertz CT molecular complexity index is 831. The van der Waals surface area contributed by atoms with Crippen molar-refractivity contribution in [1.82, 2.24) is 29.7 Å². The zero-order chi connectivity index (χ0) is 15.6. The minimum atomic E-state index is -0.257. The zero-order valence-corrected chi connectivity index (χ0v) is 12.5. The van der Waals surface area contributed by atoms with Crippen molar-refractivity contribution < 1.29 is 4.79 Å². The smallest absolute Gasteiger partial charge is 0.274 e. The molecule has 1 saturated heterocycles. The van der Waals surface area contributed by atoms with E-state index in [1.807, 2.05) is 10.9 Å². The van der Waals surface area contributed by atoms with Crippen LogP contribution in [0.5, 0.6) is 0 Å². The maximum atomic E-state index is 12.3. The summed E-state index contributed by atoms with van der Waals surface area (Å²) in [6, 6.07) is 3.86. The second kappa shape index (κ2) is 5.81. The summed E-state index contributed by atoms with van der Waals surface area (Å²) in [6.45, 7) is 1.88. The first-order chi connectivity index (χ1) is 11.3. The maximum absolute atomic E-state index is 12.3. The molecule has 4 rings (SSSR count). The highest BCUT2D eigenvalue weighted by Gasteiger charge is 2.15. The molecule has 8 nitrogen and oxygen atoms in total. The molecule has 1 aliphatic heterocycles. The Morgan fingerprint density at radius 1 is 1.39 bits per heavy atom. The van der Waals surface area contributed by atoms with Crippen LogP contribution in [0.1, 0.15) is 23.3 Å². The fourth-order valence-electron chi connectivity index (χ4n) is 2.80. The lowest BCUT2D eigenvalue weighted by molar-refractivity contribution is 0.102. The number of carbonyl (C=O) groups is 1. The summed E-state index contributed by atoms with van der Waals surface area (Å²) in [5, 5.41) is 14.6. The molecule has 1 atom stereocenters.